The zero-order chi connectivity index (χ0) is 33.2. The van der Waals surface area contributed by atoms with Crippen molar-refractivity contribution in [2.45, 2.75) is 0 Å². The first-order valence-corrected chi connectivity index (χ1v) is 16.6. The molecule has 3 aromatic heterocycles. The number of rotatable bonds is 4. The lowest BCUT2D eigenvalue weighted by Gasteiger charge is -2.13. The number of nitrogens with zero attached hydrogens (tertiary/aromatic N) is 4. The second kappa shape index (κ2) is 11.0. The molecule has 10 rings (SSSR count). The summed E-state index contributed by atoms with van der Waals surface area (Å²) >= 11 is 0. The van der Waals surface area contributed by atoms with Crippen molar-refractivity contribution in [1.82, 2.24) is 14.5 Å². The van der Waals surface area contributed by atoms with Crippen molar-refractivity contribution >= 4 is 54.5 Å². The van der Waals surface area contributed by atoms with Crippen molar-refractivity contribution in [3.05, 3.63) is 163 Å². The number of benzene rings is 7. The highest BCUT2D eigenvalue weighted by Gasteiger charge is 2.23. The second-order valence-electron chi connectivity index (χ2n) is 12.5. The standard InChI is InChI=1S/C45H26N4O/c46-27-37-43(31-23-22-28-12-7-8-15-30(28)24-31)47-45(29-13-3-1-4-14-29)48-44(37)34-19-11-21-40-42(34)36-25-39-35(26-41(36)50-40)33-18-9-10-20-38(33)49(39)32-16-5-2-6-17-32/h1-26H. The number of hydrogen-bond acceptors (Lipinski definition) is 4. The number of furan rings is 1. The Morgan fingerprint density at radius 1 is 0.520 bits per heavy atom. The predicted molar refractivity (Wildman–Crippen MR) is 202 cm³/mol. The SMILES string of the molecule is N#Cc1c(-c2ccc3ccccc3c2)nc(-c2ccccc2)nc1-c1cccc2oc3cc4c5ccccc5n(-c5ccccc5)c4cc3c12. The van der Waals surface area contributed by atoms with Gasteiger partial charge in [0.1, 0.15) is 22.8 Å². The van der Waals surface area contributed by atoms with Gasteiger partial charge in [0.25, 0.3) is 0 Å². The van der Waals surface area contributed by atoms with Crippen LogP contribution in [0.15, 0.2) is 162 Å². The van der Waals surface area contributed by atoms with E-state index in [4.69, 9.17) is 14.4 Å². The Labute approximate surface area is 286 Å². The van der Waals surface area contributed by atoms with Crippen LogP contribution in [0.2, 0.25) is 0 Å². The summed E-state index contributed by atoms with van der Waals surface area (Å²) in [6.07, 6.45) is 0. The highest BCUT2D eigenvalue weighted by Crippen LogP contribution is 2.43. The van der Waals surface area contributed by atoms with E-state index in [1.807, 2.05) is 72.8 Å². The fourth-order valence-electron chi connectivity index (χ4n) is 7.36. The summed E-state index contributed by atoms with van der Waals surface area (Å²) in [7, 11) is 0. The van der Waals surface area contributed by atoms with Crippen LogP contribution in [-0.4, -0.2) is 14.5 Å². The average molecular weight is 639 g/mol. The molecule has 0 radical (unpaired) electrons. The molecular formula is C45H26N4O. The van der Waals surface area contributed by atoms with E-state index in [0.717, 1.165) is 76.9 Å². The molecule has 0 aliphatic heterocycles. The van der Waals surface area contributed by atoms with Crippen molar-refractivity contribution in [1.29, 1.82) is 5.26 Å². The van der Waals surface area contributed by atoms with E-state index >= 15 is 0 Å². The Bertz CT molecular complexity index is 2990. The molecule has 0 amide bonds. The third kappa shape index (κ3) is 4.26. The molecule has 0 aliphatic rings. The minimum Gasteiger partial charge on any atom is -0.456 e. The number of nitriles is 1. The molecule has 3 heterocycles. The molecule has 0 saturated heterocycles. The van der Waals surface area contributed by atoms with E-state index < -0.39 is 0 Å². The molecule has 0 unspecified atom stereocenters. The highest BCUT2D eigenvalue weighted by atomic mass is 16.3. The quantitative estimate of drug-likeness (QED) is 0.192. The number of para-hydroxylation sites is 2. The molecule has 0 N–H and O–H groups in total. The summed E-state index contributed by atoms with van der Waals surface area (Å²) in [6, 6.07) is 56.2. The van der Waals surface area contributed by atoms with Crippen LogP contribution in [0.25, 0.3) is 94.1 Å². The molecule has 0 atom stereocenters. The van der Waals surface area contributed by atoms with Gasteiger partial charge < -0.3 is 8.98 Å². The minimum absolute atomic E-state index is 0.418. The number of aromatic nitrogens is 3. The van der Waals surface area contributed by atoms with E-state index in [1.165, 1.54) is 0 Å². The van der Waals surface area contributed by atoms with Crippen LogP contribution in [0.1, 0.15) is 5.56 Å². The molecule has 10 aromatic rings. The third-order valence-electron chi connectivity index (χ3n) is 9.63. The van der Waals surface area contributed by atoms with Crippen LogP contribution in [0.5, 0.6) is 0 Å². The largest absolute Gasteiger partial charge is 0.456 e. The number of fused-ring (bicyclic) bond motifs is 7. The van der Waals surface area contributed by atoms with Crippen LogP contribution in [0.3, 0.4) is 0 Å². The summed E-state index contributed by atoms with van der Waals surface area (Å²) in [4.78, 5) is 10.2. The predicted octanol–water partition coefficient (Wildman–Crippen LogP) is 11.5. The van der Waals surface area contributed by atoms with Gasteiger partial charge in [-0.05, 0) is 53.2 Å². The average Bonchev–Trinajstić information content (AvgIpc) is 3.71. The van der Waals surface area contributed by atoms with Crippen LogP contribution >= 0.6 is 0 Å². The molecule has 0 saturated carbocycles. The van der Waals surface area contributed by atoms with E-state index in [1.54, 1.807) is 0 Å². The third-order valence-corrected chi connectivity index (χ3v) is 9.63. The molecule has 232 valence electrons. The Morgan fingerprint density at radius 2 is 1.26 bits per heavy atom. The van der Waals surface area contributed by atoms with Gasteiger partial charge in [-0.2, -0.15) is 5.26 Å². The van der Waals surface area contributed by atoms with Gasteiger partial charge in [-0.15, -0.1) is 0 Å². The van der Waals surface area contributed by atoms with E-state index in [9.17, 15) is 5.26 Å². The van der Waals surface area contributed by atoms with Gasteiger partial charge in [-0.25, -0.2) is 9.97 Å². The first-order valence-electron chi connectivity index (χ1n) is 16.6. The van der Waals surface area contributed by atoms with Gasteiger partial charge in [0.2, 0.25) is 0 Å². The van der Waals surface area contributed by atoms with Crippen LogP contribution in [0, 0.1) is 11.3 Å². The molecule has 7 aromatic carbocycles. The maximum atomic E-state index is 10.9. The Balaban J connectivity index is 1.29. The van der Waals surface area contributed by atoms with E-state index in [-0.39, 0.29) is 0 Å². The van der Waals surface area contributed by atoms with Gasteiger partial charge >= 0.3 is 0 Å². The topological polar surface area (TPSA) is 67.6 Å². The second-order valence-corrected chi connectivity index (χ2v) is 12.5. The van der Waals surface area contributed by atoms with E-state index in [2.05, 4.69) is 95.6 Å². The lowest BCUT2D eigenvalue weighted by molar-refractivity contribution is 0.669. The molecular weight excluding hydrogens is 613 g/mol. The van der Waals surface area contributed by atoms with Gasteiger partial charge in [0, 0.05) is 43.9 Å². The number of hydrogen-bond donors (Lipinski definition) is 0. The van der Waals surface area contributed by atoms with Crippen molar-refractivity contribution in [2.24, 2.45) is 0 Å². The van der Waals surface area contributed by atoms with Gasteiger partial charge in [-0.3, -0.25) is 0 Å². The molecule has 50 heavy (non-hydrogen) atoms. The molecule has 0 bridgehead atoms. The summed E-state index contributed by atoms with van der Waals surface area (Å²) in [6.45, 7) is 0. The van der Waals surface area contributed by atoms with Gasteiger partial charge in [0.15, 0.2) is 5.82 Å². The monoisotopic (exact) mass is 638 g/mol. The Kier molecular flexibility index (Phi) is 6.17. The summed E-state index contributed by atoms with van der Waals surface area (Å²) in [5, 5.41) is 17.2. The molecule has 5 nitrogen and oxygen atoms in total. The van der Waals surface area contributed by atoms with Crippen LogP contribution < -0.4 is 0 Å². The summed E-state index contributed by atoms with van der Waals surface area (Å²) < 4.78 is 8.91. The molecule has 0 spiro atoms. The van der Waals surface area contributed by atoms with Gasteiger partial charge in [0.05, 0.1) is 22.4 Å². The molecule has 0 fully saturated rings. The first-order chi connectivity index (χ1) is 24.7. The fraction of sp³-hybridized carbons (Fsp3) is 0. The lowest BCUT2D eigenvalue weighted by Crippen LogP contribution is -2.01. The summed E-state index contributed by atoms with van der Waals surface area (Å²) in [5.74, 6) is 0.555. The maximum absolute atomic E-state index is 10.9. The van der Waals surface area contributed by atoms with Crippen molar-refractivity contribution in [3.8, 4) is 45.7 Å². The zero-order valence-electron chi connectivity index (χ0n) is 26.7. The van der Waals surface area contributed by atoms with Crippen LogP contribution in [-0.2, 0) is 0 Å². The Hall–Kier alpha value is -7.03. The van der Waals surface area contributed by atoms with Crippen LogP contribution in [0.4, 0.5) is 0 Å². The van der Waals surface area contributed by atoms with Crippen molar-refractivity contribution < 1.29 is 4.42 Å². The zero-order valence-corrected chi connectivity index (χ0v) is 26.7. The Morgan fingerprint density at radius 3 is 2.10 bits per heavy atom. The fourth-order valence-corrected chi connectivity index (χ4v) is 7.36. The normalized spacial score (nSPS) is 11.6. The smallest absolute Gasteiger partial charge is 0.160 e. The summed E-state index contributed by atoms with van der Waals surface area (Å²) in [5.41, 5.74) is 8.94. The van der Waals surface area contributed by atoms with Crippen molar-refractivity contribution in [2.75, 3.05) is 0 Å². The first kappa shape index (κ1) is 28.0. The highest BCUT2D eigenvalue weighted by molar-refractivity contribution is 6.19. The molecule has 0 aliphatic carbocycles. The minimum atomic E-state index is 0.418. The maximum Gasteiger partial charge on any atom is 0.160 e. The van der Waals surface area contributed by atoms with Gasteiger partial charge in [-0.1, -0.05) is 115 Å². The lowest BCUT2D eigenvalue weighted by atomic mass is 9.95. The van der Waals surface area contributed by atoms with Crippen molar-refractivity contribution in [3.63, 3.8) is 0 Å². The van der Waals surface area contributed by atoms with E-state index in [0.29, 0.717) is 22.8 Å². The molecule has 5 heteroatoms.